The summed E-state index contributed by atoms with van der Waals surface area (Å²) < 4.78 is 40.4. The van der Waals surface area contributed by atoms with E-state index in [1.807, 2.05) is 38.1 Å². The van der Waals surface area contributed by atoms with Gasteiger partial charge in [-0.3, -0.25) is 0 Å². The van der Waals surface area contributed by atoms with Gasteiger partial charge in [0.25, 0.3) is 0 Å². The highest BCUT2D eigenvalue weighted by Gasteiger charge is 2.11. The molecule has 0 amide bonds. The number of nitrogens with one attached hydrogen (secondary N) is 2. The molecule has 0 saturated carbocycles. The van der Waals surface area contributed by atoms with Gasteiger partial charge in [0.1, 0.15) is 5.75 Å². The van der Waals surface area contributed by atoms with Crippen LogP contribution in [0.3, 0.4) is 0 Å². The van der Waals surface area contributed by atoms with E-state index < -0.39 is 6.61 Å². The average molecular weight is 407 g/mol. The Morgan fingerprint density at radius 3 is 2.52 bits per heavy atom. The number of ether oxygens (including phenoxy) is 3. The molecule has 0 saturated heterocycles. The average Bonchev–Trinajstić information content (AvgIpc) is 2.71. The summed E-state index contributed by atoms with van der Waals surface area (Å²) in [5.41, 5.74) is 1.73. The fourth-order valence-electron chi connectivity index (χ4n) is 2.64. The zero-order valence-corrected chi connectivity index (χ0v) is 16.9. The van der Waals surface area contributed by atoms with Crippen LogP contribution in [0.2, 0.25) is 0 Å². The Balaban J connectivity index is 2.09. The molecule has 0 aliphatic rings. The Kier molecular flexibility index (Phi) is 9.01. The van der Waals surface area contributed by atoms with E-state index in [-0.39, 0.29) is 18.0 Å². The lowest BCUT2D eigenvalue weighted by Gasteiger charge is -2.14. The lowest BCUT2D eigenvalue weighted by Crippen LogP contribution is -2.36. The third-order valence-electron chi connectivity index (χ3n) is 3.93. The highest BCUT2D eigenvalue weighted by Crippen LogP contribution is 2.29. The number of benzene rings is 2. The van der Waals surface area contributed by atoms with E-state index in [1.54, 1.807) is 12.1 Å². The van der Waals surface area contributed by atoms with Crippen LogP contribution < -0.4 is 24.8 Å². The SMILES string of the molecule is CCNC(=NCc1ccc(OC)c(OC(F)F)c1)NCc1ccccc1OCC. The second-order valence-electron chi connectivity index (χ2n) is 5.95. The Morgan fingerprint density at radius 1 is 1.03 bits per heavy atom. The van der Waals surface area contributed by atoms with Crippen LogP contribution in [-0.4, -0.2) is 32.8 Å². The lowest BCUT2D eigenvalue weighted by molar-refractivity contribution is -0.0512. The van der Waals surface area contributed by atoms with Gasteiger partial charge in [0.2, 0.25) is 0 Å². The highest BCUT2D eigenvalue weighted by molar-refractivity contribution is 5.79. The van der Waals surface area contributed by atoms with Crippen LogP contribution in [0.15, 0.2) is 47.5 Å². The van der Waals surface area contributed by atoms with Gasteiger partial charge in [-0.05, 0) is 37.6 Å². The first-order chi connectivity index (χ1) is 14.1. The maximum atomic E-state index is 12.6. The first-order valence-electron chi connectivity index (χ1n) is 9.42. The van der Waals surface area contributed by atoms with Crippen molar-refractivity contribution in [3.05, 3.63) is 53.6 Å². The van der Waals surface area contributed by atoms with Crippen molar-refractivity contribution in [3.63, 3.8) is 0 Å². The minimum absolute atomic E-state index is 0.0150. The Labute approximate surface area is 169 Å². The third kappa shape index (κ3) is 7.14. The highest BCUT2D eigenvalue weighted by atomic mass is 19.3. The minimum atomic E-state index is -2.92. The first kappa shape index (κ1) is 22.3. The molecule has 0 radical (unpaired) electrons. The molecule has 0 heterocycles. The number of halogens is 2. The molecule has 8 heteroatoms. The van der Waals surface area contributed by atoms with Gasteiger partial charge in [0.05, 0.1) is 20.3 Å². The summed E-state index contributed by atoms with van der Waals surface area (Å²) in [7, 11) is 1.40. The summed E-state index contributed by atoms with van der Waals surface area (Å²) in [4.78, 5) is 4.52. The van der Waals surface area contributed by atoms with Crippen LogP contribution in [0.1, 0.15) is 25.0 Å². The molecule has 0 aromatic heterocycles. The molecule has 0 fully saturated rings. The van der Waals surface area contributed by atoms with E-state index in [9.17, 15) is 8.78 Å². The van der Waals surface area contributed by atoms with Crippen molar-refractivity contribution in [1.29, 1.82) is 0 Å². The summed E-state index contributed by atoms with van der Waals surface area (Å²) in [6, 6.07) is 12.6. The summed E-state index contributed by atoms with van der Waals surface area (Å²) in [6.07, 6.45) is 0. The molecule has 6 nitrogen and oxygen atoms in total. The second kappa shape index (κ2) is 11.7. The number of rotatable bonds is 10. The standard InChI is InChI=1S/C21H27F2N3O3/c1-4-24-21(26-14-16-8-6-7-9-17(16)28-5-2)25-13-15-10-11-18(27-3)19(12-15)29-20(22)23/h6-12,20H,4-5,13-14H2,1-3H3,(H2,24,25,26). The van der Waals surface area contributed by atoms with Crippen molar-refractivity contribution in [1.82, 2.24) is 10.6 Å². The number of para-hydroxylation sites is 1. The van der Waals surface area contributed by atoms with Crippen LogP contribution in [0, 0.1) is 0 Å². The van der Waals surface area contributed by atoms with E-state index in [0.717, 1.165) is 11.3 Å². The zero-order valence-electron chi connectivity index (χ0n) is 16.9. The van der Waals surface area contributed by atoms with Crippen molar-refractivity contribution < 1.29 is 23.0 Å². The number of aliphatic imine (C=N–C) groups is 1. The van der Waals surface area contributed by atoms with Gasteiger partial charge in [0.15, 0.2) is 17.5 Å². The lowest BCUT2D eigenvalue weighted by atomic mass is 10.2. The van der Waals surface area contributed by atoms with E-state index in [4.69, 9.17) is 9.47 Å². The quantitative estimate of drug-likeness (QED) is 0.461. The Bertz CT molecular complexity index is 800. The van der Waals surface area contributed by atoms with Gasteiger partial charge in [-0.2, -0.15) is 8.78 Å². The van der Waals surface area contributed by atoms with Gasteiger partial charge in [-0.15, -0.1) is 0 Å². The van der Waals surface area contributed by atoms with Crippen LogP contribution in [0.5, 0.6) is 17.2 Å². The summed E-state index contributed by atoms with van der Waals surface area (Å²) in [6.45, 7) is 3.07. The third-order valence-corrected chi connectivity index (χ3v) is 3.93. The zero-order chi connectivity index (χ0) is 21.1. The van der Waals surface area contributed by atoms with Crippen LogP contribution in [-0.2, 0) is 13.1 Å². The molecule has 0 unspecified atom stereocenters. The van der Waals surface area contributed by atoms with E-state index in [1.165, 1.54) is 13.2 Å². The molecule has 2 aromatic rings. The van der Waals surface area contributed by atoms with E-state index in [2.05, 4.69) is 20.4 Å². The van der Waals surface area contributed by atoms with Crippen molar-refractivity contribution in [3.8, 4) is 17.2 Å². The molecule has 0 spiro atoms. The Hall–Kier alpha value is -3.03. The largest absolute Gasteiger partial charge is 0.494 e. The van der Waals surface area contributed by atoms with Gasteiger partial charge in [-0.25, -0.2) is 4.99 Å². The summed E-state index contributed by atoms with van der Waals surface area (Å²) in [5.74, 6) is 1.66. The Morgan fingerprint density at radius 2 is 1.83 bits per heavy atom. The molecule has 0 bridgehead atoms. The molecule has 0 aliphatic carbocycles. The fraction of sp³-hybridized carbons (Fsp3) is 0.381. The van der Waals surface area contributed by atoms with E-state index >= 15 is 0 Å². The van der Waals surface area contributed by atoms with Crippen LogP contribution in [0.4, 0.5) is 8.78 Å². The maximum absolute atomic E-state index is 12.6. The van der Waals surface area contributed by atoms with Crippen LogP contribution in [0.25, 0.3) is 0 Å². The van der Waals surface area contributed by atoms with Gasteiger partial charge in [0, 0.05) is 18.7 Å². The van der Waals surface area contributed by atoms with Crippen molar-refractivity contribution in [2.45, 2.75) is 33.5 Å². The van der Waals surface area contributed by atoms with Crippen molar-refractivity contribution >= 4 is 5.96 Å². The number of alkyl halides is 2. The minimum Gasteiger partial charge on any atom is -0.494 e. The molecule has 29 heavy (non-hydrogen) atoms. The van der Waals surface area contributed by atoms with Crippen molar-refractivity contribution in [2.24, 2.45) is 4.99 Å². The van der Waals surface area contributed by atoms with Gasteiger partial charge < -0.3 is 24.8 Å². The first-order valence-corrected chi connectivity index (χ1v) is 9.42. The topological polar surface area (TPSA) is 64.1 Å². The second-order valence-corrected chi connectivity index (χ2v) is 5.95. The molecule has 2 rings (SSSR count). The number of methoxy groups -OCH3 is 1. The molecule has 0 atom stereocenters. The number of hydrogen-bond acceptors (Lipinski definition) is 4. The smallest absolute Gasteiger partial charge is 0.387 e. The molecular formula is C21H27F2N3O3. The number of nitrogens with zero attached hydrogens (tertiary/aromatic N) is 1. The van der Waals surface area contributed by atoms with Crippen molar-refractivity contribution in [2.75, 3.05) is 20.3 Å². The monoisotopic (exact) mass is 407 g/mol. The molecule has 2 aromatic carbocycles. The molecule has 2 N–H and O–H groups in total. The maximum Gasteiger partial charge on any atom is 0.387 e. The molecule has 0 aliphatic heterocycles. The summed E-state index contributed by atoms with van der Waals surface area (Å²) in [5, 5.41) is 6.42. The summed E-state index contributed by atoms with van der Waals surface area (Å²) >= 11 is 0. The van der Waals surface area contributed by atoms with Crippen LogP contribution >= 0.6 is 0 Å². The number of guanidine groups is 1. The van der Waals surface area contributed by atoms with Gasteiger partial charge >= 0.3 is 6.61 Å². The predicted octanol–water partition coefficient (Wildman–Crippen LogP) is 3.95. The van der Waals surface area contributed by atoms with E-state index in [0.29, 0.717) is 31.2 Å². The fourth-order valence-corrected chi connectivity index (χ4v) is 2.64. The molecular weight excluding hydrogens is 380 g/mol. The number of hydrogen-bond donors (Lipinski definition) is 2. The van der Waals surface area contributed by atoms with Gasteiger partial charge in [-0.1, -0.05) is 24.3 Å². The normalized spacial score (nSPS) is 11.3. The predicted molar refractivity (Wildman–Crippen MR) is 109 cm³/mol. The molecule has 158 valence electrons.